The number of methoxy groups -OCH3 is 1. The van der Waals surface area contributed by atoms with E-state index >= 15 is 0 Å². The second-order valence-corrected chi connectivity index (χ2v) is 9.88. The highest BCUT2D eigenvalue weighted by molar-refractivity contribution is 5.96. The van der Waals surface area contributed by atoms with Gasteiger partial charge in [-0.2, -0.15) is 0 Å². The Morgan fingerprint density at radius 3 is 2.53 bits per heavy atom. The number of hydrogen-bond donors (Lipinski definition) is 2. The van der Waals surface area contributed by atoms with Gasteiger partial charge in [0, 0.05) is 38.0 Å². The van der Waals surface area contributed by atoms with E-state index in [4.69, 9.17) is 14.2 Å². The van der Waals surface area contributed by atoms with Gasteiger partial charge in [0.15, 0.2) is 17.3 Å². The summed E-state index contributed by atoms with van der Waals surface area (Å²) in [6.07, 6.45) is 1.33. The number of carbonyl (C=O) groups excluding carboxylic acids is 2. The molecule has 0 saturated carbocycles. The molecular weight excluding hydrogens is 491 g/mol. The van der Waals surface area contributed by atoms with Gasteiger partial charge in [0.05, 0.1) is 13.2 Å². The van der Waals surface area contributed by atoms with Crippen molar-refractivity contribution in [2.24, 2.45) is 0 Å². The summed E-state index contributed by atoms with van der Waals surface area (Å²) < 4.78 is 30.1. The van der Waals surface area contributed by atoms with E-state index in [0.29, 0.717) is 86.9 Å². The molecule has 0 aliphatic carbocycles. The van der Waals surface area contributed by atoms with Crippen molar-refractivity contribution in [3.8, 4) is 17.2 Å². The fraction of sp³-hybridized carbons (Fsp3) is 0.517. The van der Waals surface area contributed by atoms with Gasteiger partial charge in [-0.15, -0.1) is 0 Å². The van der Waals surface area contributed by atoms with Crippen molar-refractivity contribution in [2.45, 2.75) is 56.8 Å². The predicted octanol–water partition coefficient (Wildman–Crippen LogP) is 3.86. The molecule has 0 radical (unpaired) electrons. The lowest BCUT2D eigenvalue weighted by molar-refractivity contribution is -0.123. The molecule has 0 aromatic heterocycles. The van der Waals surface area contributed by atoms with Crippen LogP contribution in [0.4, 0.5) is 4.39 Å². The molecule has 3 atom stereocenters. The van der Waals surface area contributed by atoms with Crippen molar-refractivity contribution in [3.63, 3.8) is 0 Å². The number of ketones is 1. The maximum atomic E-state index is 13.8. The maximum absolute atomic E-state index is 13.8. The number of aliphatic hydroxyl groups is 1. The van der Waals surface area contributed by atoms with Crippen molar-refractivity contribution < 1.29 is 33.3 Å². The Hall–Kier alpha value is -3.17. The first kappa shape index (κ1) is 27.9. The molecular formula is C29H37FN2O6. The Balaban J connectivity index is 1.27. The third kappa shape index (κ3) is 7.68. The van der Waals surface area contributed by atoms with Crippen molar-refractivity contribution in [1.82, 2.24) is 10.2 Å². The number of fused-ring (bicyclic) bond motifs is 1. The van der Waals surface area contributed by atoms with Crippen LogP contribution < -0.4 is 19.5 Å². The van der Waals surface area contributed by atoms with Gasteiger partial charge in [-0.05, 0) is 61.2 Å². The zero-order valence-corrected chi connectivity index (χ0v) is 21.9. The number of amides is 1. The van der Waals surface area contributed by atoms with Crippen LogP contribution in [0.1, 0.15) is 60.6 Å². The Morgan fingerprint density at radius 1 is 1.08 bits per heavy atom. The number of rotatable bonds is 13. The summed E-state index contributed by atoms with van der Waals surface area (Å²) in [5, 5.41) is 14.2. The molecule has 2 aromatic carbocycles. The van der Waals surface area contributed by atoms with Crippen molar-refractivity contribution in [1.29, 1.82) is 0 Å². The van der Waals surface area contributed by atoms with Crippen LogP contribution in [0.5, 0.6) is 17.2 Å². The molecule has 2 aliphatic heterocycles. The van der Waals surface area contributed by atoms with E-state index in [0.717, 1.165) is 6.42 Å². The lowest BCUT2D eigenvalue weighted by atomic mass is 10.00. The van der Waals surface area contributed by atoms with E-state index in [2.05, 4.69) is 5.32 Å². The molecule has 8 nitrogen and oxygen atoms in total. The van der Waals surface area contributed by atoms with Crippen LogP contribution in [0.25, 0.3) is 0 Å². The third-order valence-corrected chi connectivity index (χ3v) is 7.02. The summed E-state index contributed by atoms with van der Waals surface area (Å²) in [5.74, 6) is 1.78. The van der Waals surface area contributed by atoms with Gasteiger partial charge in [-0.1, -0.05) is 12.5 Å². The van der Waals surface area contributed by atoms with E-state index in [1.54, 1.807) is 49.6 Å². The first-order valence-electron chi connectivity index (χ1n) is 13.3. The Morgan fingerprint density at radius 2 is 1.82 bits per heavy atom. The minimum Gasteiger partial charge on any atom is -0.497 e. The molecule has 206 valence electrons. The Labute approximate surface area is 223 Å². The number of benzene rings is 2. The van der Waals surface area contributed by atoms with Crippen LogP contribution in [0, 0.1) is 0 Å². The molecule has 2 heterocycles. The SMILES string of the molecule is COc1ccc(C(=O)CCCCCC(=O)N[C@H](CN2CCC(F)C2)[C@H](O)c2ccc3c(c2)OCCO3)cc1. The number of carbonyl (C=O) groups is 2. The number of hydrogen-bond acceptors (Lipinski definition) is 7. The van der Waals surface area contributed by atoms with E-state index in [9.17, 15) is 19.1 Å². The van der Waals surface area contributed by atoms with Gasteiger partial charge in [0.1, 0.15) is 31.2 Å². The molecule has 1 amide bonds. The molecule has 1 fully saturated rings. The zero-order valence-electron chi connectivity index (χ0n) is 21.9. The van der Waals surface area contributed by atoms with Crippen LogP contribution in [0.15, 0.2) is 42.5 Å². The van der Waals surface area contributed by atoms with E-state index in [1.165, 1.54) is 0 Å². The van der Waals surface area contributed by atoms with Crippen molar-refractivity contribution in [2.75, 3.05) is 40.0 Å². The summed E-state index contributed by atoms with van der Waals surface area (Å²) in [6.45, 7) is 2.14. The second-order valence-electron chi connectivity index (χ2n) is 9.88. The van der Waals surface area contributed by atoms with Gasteiger partial charge >= 0.3 is 0 Å². The lowest BCUT2D eigenvalue weighted by Crippen LogP contribution is -2.46. The van der Waals surface area contributed by atoms with Crippen LogP contribution in [-0.2, 0) is 4.79 Å². The first-order valence-corrected chi connectivity index (χ1v) is 13.3. The summed E-state index contributed by atoms with van der Waals surface area (Å²) in [4.78, 5) is 27.1. The fourth-order valence-electron chi connectivity index (χ4n) is 4.88. The number of halogens is 1. The highest BCUT2D eigenvalue weighted by atomic mass is 19.1. The van der Waals surface area contributed by atoms with Crippen molar-refractivity contribution in [3.05, 3.63) is 53.6 Å². The number of likely N-dealkylation sites (tertiary alicyclic amines) is 1. The molecule has 2 aromatic rings. The number of ether oxygens (including phenoxy) is 3. The number of Topliss-reactive ketones (excluding diaryl/α,β-unsaturated/α-hetero) is 1. The average Bonchev–Trinajstić information content (AvgIpc) is 3.36. The summed E-state index contributed by atoms with van der Waals surface area (Å²) in [7, 11) is 1.58. The van der Waals surface area contributed by atoms with Crippen LogP contribution in [0.2, 0.25) is 0 Å². The van der Waals surface area contributed by atoms with Crippen molar-refractivity contribution >= 4 is 11.7 Å². The normalized spacial score (nSPS) is 18.6. The van der Waals surface area contributed by atoms with Crippen LogP contribution in [-0.4, -0.2) is 73.9 Å². The second kappa shape index (κ2) is 13.6. The standard InChI is InChI=1S/C29H37FN2O6/c1-36-23-10-7-20(8-11-23)25(33)5-3-2-4-6-28(34)31-24(19-32-14-13-22(30)18-32)29(35)21-9-12-26-27(17-21)38-16-15-37-26/h7-12,17,22,24,29,35H,2-6,13-16,18-19H2,1H3,(H,31,34)/t22?,24-,29-/m1/s1. The van der Waals surface area contributed by atoms with Gasteiger partial charge < -0.3 is 24.6 Å². The lowest BCUT2D eigenvalue weighted by Gasteiger charge is -2.29. The number of aliphatic hydroxyl groups excluding tert-OH is 1. The minimum atomic E-state index is -0.990. The van der Waals surface area contributed by atoms with Crippen LogP contribution in [0.3, 0.4) is 0 Å². The smallest absolute Gasteiger partial charge is 0.220 e. The quantitative estimate of drug-likeness (QED) is 0.301. The molecule has 2 N–H and O–H groups in total. The average molecular weight is 529 g/mol. The Bertz CT molecular complexity index is 1080. The number of unbranched alkanes of at least 4 members (excludes halogenated alkanes) is 2. The highest BCUT2D eigenvalue weighted by Crippen LogP contribution is 2.33. The third-order valence-electron chi connectivity index (χ3n) is 7.02. The molecule has 1 saturated heterocycles. The number of nitrogens with zero attached hydrogens (tertiary/aromatic N) is 1. The molecule has 0 spiro atoms. The monoisotopic (exact) mass is 528 g/mol. The van der Waals surface area contributed by atoms with Gasteiger partial charge in [0.25, 0.3) is 0 Å². The largest absolute Gasteiger partial charge is 0.497 e. The molecule has 2 aliphatic rings. The molecule has 38 heavy (non-hydrogen) atoms. The molecule has 9 heteroatoms. The fourth-order valence-corrected chi connectivity index (χ4v) is 4.88. The summed E-state index contributed by atoms with van der Waals surface area (Å²) >= 11 is 0. The summed E-state index contributed by atoms with van der Waals surface area (Å²) in [6, 6.07) is 11.7. The minimum absolute atomic E-state index is 0.0662. The van der Waals surface area contributed by atoms with E-state index in [1.807, 2.05) is 4.90 Å². The predicted molar refractivity (Wildman–Crippen MR) is 141 cm³/mol. The van der Waals surface area contributed by atoms with E-state index in [-0.39, 0.29) is 18.1 Å². The topological polar surface area (TPSA) is 97.3 Å². The zero-order chi connectivity index (χ0) is 26.9. The molecule has 1 unspecified atom stereocenters. The molecule has 0 bridgehead atoms. The number of alkyl halides is 1. The molecule has 4 rings (SSSR count). The van der Waals surface area contributed by atoms with Gasteiger partial charge in [-0.25, -0.2) is 4.39 Å². The van der Waals surface area contributed by atoms with Gasteiger partial charge in [0.2, 0.25) is 5.91 Å². The van der Waals surface area contributed by atoms with Gasteiger partial charge in [-0.3, -0.25) is 14.5 Å². The van der Waals surface area contributed by atoms with Crippen LogP contribution >= 0.6 is 0 Å². The Kier molecular flexibility index (Phi) is 9.95. The number of nitrogens with one attached hydrogen (secondary N) is 1. The maximum Gasteiger partial charge on any atom is 0.220 e. The van der Waals surface area contributed by atoms with E-state index < -0.39 is 18.3 Å². The first-order chi connectivity index (χ1) is 18.4. The highest BCUT2D eigenvalue weighted by Gasteiger charge is 2.30. The summed E-state index contributed by atoms with van der Waals surface area (Å²) in [5.41, 5.74) is 1.25.